The van der Waals surface area contributed by atoms with Crippen LogP contribution in [0.15, 0.2) is 36.4 Å². The number of nitrogens with one attached hydrogen (secondary N) is 1. The Morgan fingerprint density at radius 1 is 1.05 bits per heavy atom. The molecule has 0 aliphatic rings. The van der Waals surface area contributed by atoms with E-state index in [9.17, 15) is 8.78 Å². The maximum absolute atomic E-state index is 14.0. The van der Waals surface area contributed by atoms with Crippen molar-refractivity contribution in [2.45, 2.75) is 33.4 Å². The number of aryl methyl sites for hydroxylation is 1. The first-order valence-electron chi connectivity index (χ1n) is 6.92. The van der Waals surface area contributed by atoms with E-state index in [4.69, 9.17) is 4.74 Å². The van der Waals surface area contributed by atoms with Crippen LogP contribution >= 0.6 is 0 Å². The molecule has 0 fully saturated rings. The lowest BCUT2D eigenvalue weighted by Crippen LogP contribution is -2.22. The van der Waals surface area contributed by atoms with Crippen molar-refractivity contribution < 1.29 is 13.5 Å². The zero-order valence-electron chi connectivity index (χ0n) is 12.4. The molecule has 0 bridgehead atoms. The first-order chi connectivity index (χ1) is 9.97. The van der Waals surface area contributed by atoms with E-state index < -0.39 is 5.82 Å². The van der Waals surface area contributed by atoms with Crippen molar-refractivity contribution in [1.29, 1.82) is 0 Å². The quantitative estimate of drug-likeness (QED) is 0.871. The fourth-order valence-electron chi connectivity index (χ4n) is 1.92. The molecule has 0 aliphatic heterocycles. The van der Waals surface area contributed by atoms with E-state index in [2.05, 4.69) is 5.32 Å². The standard InChI is InChI=1S/C17H19F2NO/c1-11(2)20-10-13-14(18)5-4-6-16(13)21-17-9-12(3)7-8-15(17)19/h4-9,11,20H,10H2,1-3H3. The highest BCUT2D eigenvalue weighted by Crippen LogP contribution is 2.29. The molecule has 0 radical (unpaired) electrons. The van der Waals surface area contributed by atoms with Crippen LogP contribution < -0.4 is 10.1 Å². The summed E-state index contributed by atoms with van der Waals surface area (Å²) in [4.78, 5) is 0. The lowest BCUT2D eigenvalue weighted by Gasteiger charge is -2.15. The maximum Gasteiger partial charge on any atom is 0.165 e. The molecule has 112 valence electrons. The van der Waals surface area contributed by atoms with Gasteiger partial charge in [0.1, 0.15) is 11.6 Å². The van der Waals surface area contributed by atoms with Gasteiger partial charge in [-0.15, -0.1) is 0 Å². The fraction of sp³-hybridized carbons (Fsp3) is 0.294. The van der Waals surface area contributed by atoms with Gasteiger partial charge in [0, 0.05) is 18.2 Å². The predicted octanol–water partition coefficient (Wildman–Crippen LogP) is 4.56. The van der Waals surface area contributed by atoms with E-state index in [1.54, 1.807) is 24.3 Å². The summed E-state index contributed by atoms with van der Waals surface area (Å²) in [6.45, 7) is 6.12. The van der Waals surface area contributed by atoms with Gasteiger partial charge in [0.2, 0.25) is 0 Å². The SMILES string of the molecule is Cc1ccc(F)c(Oc2cccc(F)c2CNC(C)C)c1. The Morgan fingerprint density at radius 2 is 1.81 bits per heavy atom. The minimum absolute atomic E-state index is 0.103. The second-order valence-electron chi connectivity index (χ2n) is 5.29. The minimum Gasteiger partial charge on any atom is -0.454 e. The second-order valence-corrected chi connectivity index (χ2v) is 5.29. The topological polar surface area (TPSA) is 21.3 Å². The highest BCUT2D eigenvalue weighted by molar-refractivity contribution is 5.40. The Bertz CT molecular complexity index is 626. The Hall–Kier alpha value is -1.94. The molecule has 2 rings (SSSR count). The molecular formula is C17H19F2NO. The van der Waals surface area contributed by atoms with Gasteiger partial charge in [-0.1, -0.05) is 26.0 Å². The number of halogens is 2. The number of rotatable bonds is 5. The molecule has 0 unspecified atom stereocenters. The predicted molar refractivity (Wildman–Crippen MR) is 79.6 cm³/mol. The average Bonchev–Trinajstić information content (AvgIpc) is 2.42. The van der Waals surface area contributed by atoms with Crippen molar-refractivity contribution in [2.24, 2.45) is 0 Å². The van der Waals surface area contributed by atoms with Gasteiger partial charge in [-0.05, 0) is 36.8 Å². The van der Waals surface area contributed by atoms with Crippen LogP contribution in [0, 0.1) is 18.6 Å². The van der Waals surface area contributed by atoms with Crippen LogP contribution in [-0.2, 0) is 6.54 Å². The molecule has 2 aromatic rings. The molecule has 0 aliphatic carbocycles. The van der Waals surface area contributed by atoms with Gasteiger partial charge >= 0.3 is 0 Å². The summed E-state index contributed by atoms with van der Waals surface area (Å²) in [5, 5.41) is 3.14. The van der Waals surface area contributed by atoms with Crippen molar-refractivity contribution in [3.63, 3.8) is 0 Å². The first kappa shape index (κ1) is 15.4. The number of benzene rings is 2. The van der Waals surface area contributed by atoms with Crippen molar-refractivity contribution >= 4 is 0 Å². The third kappa shape index (κ3) is 4.02. The van der Waals surface area contributed by atoms with E-state index in [0.717, 1.165) is 5.56 Å². The zero-order valence-corrected chi connectivity index (χ0v) is 12.4. The van der Waals surface area contributed by atoms with Crippen LogP contribution in [0.5, 0.6) is 11.5 Å². The van der Waals surface area contributed by atoms with Gasteiger partial charge in [0.05, 0.1) is 0 Å². The molecule has 0 heterocycles. The van der Waals surface area contributed by atoms with E-state index >= 15 is 0 Å². The monoisotopic (exact) mass is 291 g/mol. The van der Waals surface area contributed by atoms with Crippen LogP contribution in [0.1, 0.15) is 25.0 Å². The summed E-state index contributed by atoms with van der Waals surface area (Å²) in [6, 6.07) is 9.38. The minimum atomic E-state index is -0.465. The van der Waals surface area contributed by atoms with Crippen molar-refractivity contribution in [3.05, 3.63) is 59.2 Å². The van der Waals surface area contributed by atoms with E-state index in [0.29, 0.717) is 17.9 Å². The van der Waals surface area contributed by atoms with Gasteiger partial charge < -0.3 is 10.1 Å². The summed E-state index contributed by atoms with van der Waals surface area (Å²) in [5.74, 6) is -0.402. The van der Waals surface area contributed by atoms with Gasteiger partial charge in [-0.25, -0.2) is 8.78 Å². The molecule has 0 saturated carbocycles. The third-order valence-electron chi connectivity index (χ3n) is 3.07. The first-order valence-corrected chi connectivity index (χ1v) is 6.92. The summed E-state index contributed by atoms with van der Waals surface area (Å²) >= 11 is 0. The fourth-order valence-corrected chi connectivity index (χ4v) is 1.92. The maximum atomic E-state index is 14.0. The van der Waals surface area contributed by atoms with Crippen molar-refractivity contribution in [1.82, 2.24) is 5.32 Å². The van der Waals surface area contributed by atoms with Crippen molar-refractivity contribution in [3.8, 4) is 11.5 Å². The molecule has 0 aromatic heterocycles. The van der Waals surface area contributed by atoms with Gasteiger partial charge in [0.15, 0.2) is 11.6 Å². The van der Waals surface area contributed by atoms with Gasteiger partial charge in [-0.3, -0.25) is 0 Å². The molecule has 1 N–H and O–H groups in total. The summed E-state index contributed by atoms with van der Waals surface area (Å²) < 4.78 is 33.3. The van der Waals surface area contributed by atoms with E-state index in [-0.39, 0.29) is 17.6 Å². The summed E-state index contributed by atoms with van der Waals surface area (Å²) in [7, 11) is 0. The summed E-state index contributed by atoms with van der Waals surface area (Å²) in [5.41, 5.74) is 1.27. The van der Waals surface area contributed by atoms with E-state index in [1.165, 1.54) is 12.1 Å². The summed E-state index contributed by atoms with van der Waals surface area (Å²) in [6.07, 6.45) is 0. The molecule has 2 nitrogen and oxygen atoms in total. The highest BCUT2D eigenvalue weighted by Gasteiger charge is 2.13. The lowest BCUT2D eigenvalue weighted by molar-refractivity contribution is 0.427. The van der Waals surface area contributed by atoms with Gasteiger partial charge in [-0.2, -0.15) is 0 Å². The molecule has 21 heavy (non-hydrogen) atoms. The van der Waals surface area contributed by atoms with Crippen LogP contribution in [-0.4, -0.2) is 6.04 Å². The molecule has 0 atom stereocenters. The molecule has 4 heteroatoms. The number of hydrogen-bond donors (Lipinski definition) is 1. The van der Waals surface area contributed by atoms with E-state index in [1.807, 2.05) is 20.8 Å². The Labute approximate surface area is 123 Å². The normalized spacial score (nSPS) is 11.0. The molecule has 0 amide bonds. The number of hydrogen-bond acceptors (Lipinski definition) is 2. The lowest BCUT2D eigenvalue weighted by atomic mass is 10.1. The molecular weight excluding hydrogens is 272 g/mol. The Balaban J connectivity index is 2.31. The van der Waals surface area contributed by atoms with Crippen LogP contribution in [0.25, 0.3) is 0 Å². The Morgan fingerprint density at radius 3 is 2.52 bits per heavy atom. The Kier molecular flexibility index (Phi) is 4.91. The second kappa shape index (κ2) is 6.68. The smallest absolute Gasteiger partial charge is 0.165 e. The molecule has 0 saturated heterocycles. The van der Waals surface area contributed by atoms with Crippen LogP contribution in [0.4, 0.5) is 8.78 Å². The van der Waals surface area contributed by atoms with Crippen LogP contribution in [0.3, 0.4) is 0 Å². The third-order valence-corrected chi connectivity index (χ3v) is 3.07. The number of ether oxygens (including phenoxy) is 1. The average molecular weight is 291 g/mol. The molecule has 0 spiro atoms. The highest BCUT2D eigenvalue weighted by atomic mass is 19.1. The molecule has 2 aromatic carbocycles. The van der Waals surface area contributed by atoms with Crippen LogP contribution in [0.2, 0.25) is 0 Å². The zero-order chi connectivity index (χ0) is 15.4. The van der Waals surface area contributed by atoms with Crippen molar-refractivity contribution in [2.75, 3.05) is 0 Å². The van der Waals surface area contributed by atoms with Gasteiger partial charge in [0.25, 0.3) is 0 Å². The largest absolute Gasteiger partial charge is 0.454 e.